The van der Waals surface area contributed by atoms with Gasteiger partial charge in [-0.25, -0.2) is 0 Å². The van der Waals surface area contributed by atoms with E-state index in [1.807, 2.05) is 24.3 Å². The van der Waals surface area contributed by atoms with Crippen LogP contribution < -0.4 is 9.47 Å². The summed E-state index contributed by atoms with van der Waals surface area (Å²) in [5.74, 6) is 3.61. The molecule has 3 aromatic carbocycles. The van der Waals surface area contributed by atoms with E-state index in [1.165, 1.54) is 22.9 Å². The number of hydrogen-bond acceptors (Lipinski definition) is 8. The molecule has 0 saturated heterocycles. The molecule has 0 radical (unpaired) electrons. The SMILES string of the molecule is CCc1ccc(-n2c(CCc3ccccc3)nnc2SCc2nc(-c3cc(OC)ccc3OC)no2)cc1. The van der Waals surface area contributed by atoms with Gasteiger partial charge in [0.2, 0.25) is 11.7 Å². The van der Waals surface area contributed by atoms with Gasteiger partial charge in [-0.05, 0) is 54.3 Å². The van der Waals surface area contributed by atoms with Crippen LogP contribution in [0.25, 0.3) is 17.1 Å². The Morgan fingerprint density at radius 3 is 2.42 bits per heavy atom. The standard InChI is InChI=1S/C29H29N5O3S/c1-4-20-10-13-22(14-11-20)34-26(17-12-21-8-6-5-7-9-21)31-32-29(34)38-19-27-30-28(33-37-27)24-18-23(35-2)15-16-25(24)36-3/h5-11,13-16,18H,4,12,17,19H2,1-3H3. The first-order chi connectivity index (χ1) is 18.7. The minimum Gasteiger partial charge on any atom is -0.497 e. The predicted molar refractivity (Wildman–Crippen MR) is 147 cm³/mol. The van der Waals surface area contributed by atoms with Gasteiger partial charge in [0.25, 0.3) is 0 Å². The molecule has 8 nitrogen and oxygen atoms in total. The van der Waals surface area contributed by atoms with Crippen molar-refractivity contribution in [2.45, 2.75) is 37.1 Å². The van der Waals surface area contributed by atoms with Crippen LogP contribution >= 0.6 is 11.8 Å². The molecule has 0 aliphatic rings. The van der Waals surface area contributed by atoms with E-state index < -0.39 is 0 Å². The maximum absolute atomic E-state index is 5.57. The molecule has 2 heterocycles. The van der Waals surface area contributed by atoms with Crippen molar-refractivity contribution >= 4 is 11.8 Å². The summed E-state index contributed by atoms with van der Waals surface area (Å²) in [5.41, 5.74) is 4.29. The molecule has 0 fully saturated rings. The summed E-state index contributed by atoms with van der Waals surface area (Å²) >= 11 is 1.51. The first-order valence-corrected chi connectivity index (χ1v) is 13.4. The number of methoxy groups -OCH3 is 2. The highest BCUT2D eigenvalue weighted by molar-refractivity contribution is 7.98. The van der Waals surface area contributed by atoms with Crippen molar-refractivity contribution in [1.82, 2.24) is 24.9 Å². The van der Waals surface area contributed by atoms with Crippen molar-refractivity contribution in [3.05, 3.63) is 95.6 Å². The van der Waals surface area contributed by atoms with Crippen molar-refractivity contribution in [1.29, 1.82) is 0 Å². The third kappa shape index (κ3) is 5.73. The second-order valence-electron chi connectivity index (χ2n) is 8.61. The van der Waals surface area contributed by atoms with E-state index >= 15 is 0 Å². The average Bonchev–Trinajstić information content (AvgIpc) is 3.62. The third-order valence-corrected chi connectivity index (χ3v) is 7.14. The number of aromatic nitrogens is 5. The highest BCUT2D eigenvalue weighted by atomic mass is 32.2. The molecule has 5 rings (SSSR count). The molecule has 0 aliphatic carbocycles. The van der Waals surface area contributed by atoms with E-state index in [9.17, 15) is 0 Å². The Hall–Kier alpha value is -4.11. The van der Waals surface area contributed by atoms with Crippen LogP contribution in [-0.4, -0.2) is 39.1 Å². The smallest absolute Gasteiger partial charge is 0.237 e. The molecule has 194 valence electrons. The fraction of sp³-hybridized carbons (Fsp3) is 0.241. The van der Waals surface area contributed by atoms with Gasteiger partial charge in [-0.2, -0.15) is 4.98 Å². The van der Waals surface area contributed by atoms with Gasteiger partial charge in [0.15, 0.2) is 5.16 Å². The molecule has 0 saturated carbocycles. The summed E-state index contributed by atoms with van der Waals surface area (Å²) < 4.78 is 18.5. The summed E-state index contributed by atoms with van der Waals surface area (Å²) in [6.07, 6.45) is 2.64. The quantitative estimate of drug-likeness (QED) is 0.194. The number of hydrogen-bond donors (Lipinski definition) is 0. The van der Waals surface area contributed by atoms with E-state index in [4.69, 9.17) is 14.0 Å². The lowest BCUT2D eigenvalue weighted by Gasteiger charge is -2.11. The van der Waals surface area contributed by atoms with Crippen LogP contribution in [0.1, 0.15) is 29.8 Å². The van der Waals surface area contributed by atoms with E-state index in [0.29, 0.717) is 34.5 Å². The van der Waals surface area contributed by atoms with Crippen molar-refractivity contribution in [2.24, 2.45) is 0 Å². The zero-order chi connectivity index (χ0) is 26.3. The molecule has 38 heavy (non-hydrogen) atoms. The second-order valence-corrected chi connectivity index (χ2v) is 9.55. The van der Waals surface area contributed by atoms with Crippen molar-refractivity contribution in [3.8, 4) is 28.6 Å². The van der Waals surface area contributed by atoms with Crippen LogP contribution in [0.5, 0.6) is 11.5 Å². The minimum atomic E-state index is 0.441. The van der Waals surface area contributed by atoms with Gasteiger partial charge in [0.1, 0.15) is 17.3 Å². The fourth-order valence-corrected chi connectivity index (χ4v) is 4.94. The number of aryl methyl sites for hydroxylation is 3. The Morgan fingerprint density at radius 2 is 1.68 bits per heavy atom. The number of ether oxygens (including phenoxy) is 2. The van der Waals surface area contributed by atoms with Crippen molar-refractivity contribution in [2.75, 3.05) is 14.2 Å². The third-order valence-electron chi connectivity index (χ3n) is 6.22. The Morgan fingerprint density at radius 1 is 0.868 bits per heavy atom. The fourth-order valence-electron chi connectivity index (χ4n) is 4.13. The molecule has 0 N–H and O–H groups in total. The largest absolute Gasteiger partial charge is 0.497 e. The van der Waals surface area contributed by atoms with Crippen molar-refractivity contribution in [3.63, 3.8) is 0 Å². The lowest BCUT2D eigenvalue weighted by molar-refractivity contribution is 0.389. The van der Waals surface area contributed by atoms with E-state index in [-0.39, 0.29) is 0 Å². The molecule has 0 unspecified atom stereocenters. The van der Waals surface area contributed by atoms with Gasteiger partial charge in [-0.3, -0.25) is 4.57 Å². The molecule has 0 atom stereocenters. The lowest BCUT2D eigenvalue weighted by Crippen LogP contribution is -2.05. The summed E-state index contributed by atoms with van der Waals surface area (Å²) in [4.78, 5) is 4.60. The van der Waals surface area contributed by atoms with Crippen LogP contribution in [0, 0.1) is 0 Å². The molecule has 0 amide bonds. The summed E-state index contributed by atoms with van der Waals surface area (Å²) in [5, 5.41) is 14.0. The zero-order valence-corrected chi connectivity index (χ0v) is 22.4. The molecule has 0 bridgehead atoms. The van der Waals surface area contributed by atoms with Gasteiger partial charge in [-0.1, -0.05) is 66.3 Å². The van der Waals surface area contributed by atoms with E-state index in [2.05, 4.69) is 80.4 Å². The lowest BCUT2D eigenvalue weighted by atomic mass is 10.1. The van der Waals surface area contributed by atoms with Crippen LogP contribution in [0.4, 0.5) is 0 Å². The molecular formula is C29H29N5O3S. The predicted octanol–water partition coefficient (Wildman–Crippen LogP) is 5.97. The van der Waals surface area contributed by atoms with Crippen LogP contribution in [0.3, 0.4) is 0 Å². The maximum Gasteiger partial charge on any atom is 0.237 e. The number of thioether (sulfide) groups is 1. The molecule has 5 aromatic rings. The maximum atomic E-state index is 5.57. The van der Waals surface area contributed by atoms with Crippen LogP contribution in [0.15, 0.2) is 82.5 Å². The van der Waals surface area contributed by atoms with Gasteiger partial charge in [0.05, 0.1) is 25.5 Å². The summed E-state index contributed by atoms with van der Waals surface area (Å²) in [7, 11) is 3.22. The van der Waals surface area contributed by atoms with Gasteiger partial charge in [0, 0.05) is 12.1 Å². The molecule has 0 spiro atoms. The molecular weight excluding hydrogens is 498 g/mol. The second kappa shape index (κ2) is 12.0. The Labute approximate surface area is 226 Å². The average molecular weight is 528 g/mol. The normalized spacial score (nSPS) is 11.0. The van der Waals surface area contributed by atoms with Crippen molar-refractivity contribution < 1.29 is 14.0 Å². The first kappa shape index (κ1) is 25.5. The summed E-state index contributed by atoms with van der Waals surface area (Å²) in [6.45, 7) is 2.15. The molecule has 9 heteroatoms. The monoisotopic (exact) mass is 527 g/mol. The highest BCUT2D eigenvalue weighted by Gasteiger charge is 2.18. The van der Waals surface area contributed by atoms with E-state index in [0.717, 1.165) is 35.9 Å². The number of benzene rings is 3. The Balaban J connectivity index is 1.38. The van der Waals surface area contributed by atoms with Crippen LogP contribution in [0.2, 0.25) is 0 Å². The summed E-state index contributed by atoms with van der Waals surface area (Å²) in [6, 6.07) is 24.4. The van der Waals surface area contributed by atoms with E-state index in [1.54, 1.807) is 14.2 Å². The van der Waals surface area contributed by atoms with Crippen LogP contribution in [-0.2, 0) is 25.0 Å². The van der Waals surface area contributed by atoms with Gasteiger partial charge in [-0.15, -0.1) is 10.2 Å². The topological polar surface area (TPSA) is 88.1 Å². The Kier molecular flexibility index (Phi) is 8.04. The minimum absolute atomic E-state index is 0.441. The Bertz CT molecular complexity index is 1480. The highest BCUT2D eigenvalue weighted by Crippen LogP contribution is 2.32. The van der Waals surface area contributed by atoms with Gasteiger partial charge < -0.3 is 14.0 Å². The number of rotatable bonds is 11. The first-order valence-electron chi connectivity index (χ1n) is 12.4. The number of nitrogens with zero attached hydrogens (tertiary/aromatic N) is 5. The molecule has 0 aliphatic heterocycles. The molecule has 2 aromatic heterocycles. The zero-order valence-electron chi connectivity index (χ0n) is 21.6. The van der Waals surface area contributed by atoms with Gasteiger partial charge >= 0.3 is 0 Å².